The number of amidine groups is 1. The summed E-state index contributed by atoms with van der Waals surface area (Å²) in [5.74, 6) is -0.247. The third-order valence-electron chi connectivity index (χ3n) is 6.75. The number of aliphatic hydroxyl groups excluding tert-OH is 1. The Balaban J connectivity index is 1.43. The minimum absolute atomic E-state index is 0.0264. The smallest absolute Gasteiger partial charge is 0.258 e. The molecule has 36 heavy (non-hydrogen) atoms. The first kappa shape index (κ1) is 26.1. The number of hydrazone groups is 1. The third-order valence-corrected chi connectivity index (χ3v) is 6.75. The van der Waals surface area contributed by atoms with Gasteiger partial charge in [-0.25, -0.2) is 9.93 Å². The lowest BCUT2D eigenvalue weighted by Gasteiger charge is -2.29. The highest BCUT2D eigenvalue weighted by Gasteiger charge is 2.32. The monoisotopic (exact) mass is 496 g/mol. The average molecular weight is 497 g/mol. The Kier molecular flexibility index (Phi) is 8.56. The van der Waals surface area contributed by atoms with Crippen LogP contribution in [0.25, 0.3) is 0 Å². The summed E-state index contributed by atoms with van der Waals surface area (Å²) in [6.45, 7) is 7.48. The number of aliphatic hydroxyl groups is 1. The molecular formula is C27H37FN6O2. The van der Waals surface area contributed by atoms with Crippen LogP contribution in [0.3, 0.4) is 0 Å². The quantitative estimate of drug-likeness (QED) is 0.372. The highest BCUT2D eigenvalue weighted by molar-refractivity contribution is 6.01. The van der Waals surface area contributed by atoms with Gasteiger partial charge >= 0.3 is 0 Å². The molecule has 1 unspecified atom stereocenters. The summed E-state index contributed by atoms with van der Waals surface area (Å²) >= 11 is 0. The van der Waals surface area contributed by atoms with Crippen LogP contribution >= 0.6 is 0 Å². The van der Waals surface area contributed by atoms with Gasteiger partial charge in [-0.1, -0.05) is 31.6 Å². The molecule has 9 heteroatoms. The van der Waals surface area contributed by atoms with E-state index < -0.39 is 11.7 Å². The van der Waals surface area contributed by atoms with E-state index in [9.17, 15) is 14.3 Å². The molecule has 1 aliphatic carbocycles. The number of allylic oxidation sites excluding steroid dienone is 4. The largest absolute Gasteiger partial charge is 0.394 e. The summed E-state index contributed by atoms with van der Waals surface area (Å²) < 4.78 is 14.8. The standard InChI is InChI=1S/C27H37FN6O2/c1-4-5-8-20(26-30-31-32-34(26)19(3)17-35)9-6-7-18(2)29-27(36)24-14-22-16-33(23-10-11-23)13-12-21(22)15-25(24)28/h6-9,14-15,19,23,31-32,35H,4-5,10-13,16-17H2,1-3H3,(H,29,36)/b9-6-,18-7+,20-8-. The van der Waals surface area contributed by atoms with Gasteiger partial charge in [-0.15, -0.1) is 10.6 Å². The summed E-state index contributed by atoms with van der Waals surface area (Å²) in [6, 6.07) is 3.73. The molecule has 0 saturated heterocycles. The van der Waals surface area contributed by atoms with E-state index >= 15 is 0 Å². The molecule has 3 aliphatic rings. The fourth-order valence-corrected chi connectivity index (χ4v) is 4.49. The van der Waals surface area contributed by atoms with Gasteiger partial charge in [0.2, 0.25) is 0 Å². The number of nitrogens with one attached hydrogen (secondary N) is 3. The van der Waals surface area contributed by atoms with Crippen molar-refractivity contribution in [3.63, 3.8) is 0 Å². The molecule has 0 bridgehead atoms. The lowest BCUT2D eigenvalue weighted by atomic mass is 9.96. The van der Waals surface area contributed by atoms with Crippen LogP contribution in [0.2, 0.25) is 0 Å². The molecule has 0 radical (unpaired) electrons. The summed E-state index contributed by atoms with van der Waals surface area (Å²) in [5.41, 5.74) is 9.30. The lowest BCUT2D eigenvalue weighted by molar-refractivity contribution is 0.0961. The minimum atomic E-state index is -0.475. The van der Waals surface area contributed by atoms with E-state index in [0.717, 1.165) is 49.1 Å². The van der Waals surface area contributed by atoms with Gasteiger partial charge in [0, 0.05) is 30.4 Å². The number of benzene rings is 1. The Bertz CT molecular complexity index is 1090. The molecule has 4 N–H and O–H groups in total. The molecule has 194 valence electrons. The highest BCUT2D eigenvalue weighted by Crippen LogP contribution is 2.32. The number of hydrogen-bond donors (Lipinski definition) is 4. The van der Waals surface area contributed by atoms with Crippen LogP contribution in [0, 0.1) is 5.82 Å². The predicted octanol–water partition coefficient (Wildman–Crippen LogP) is 3.28. The van der Waals surface area contributed by atoms with Gasteiger partial charge in [-0.2, -0.15) is 0 Å². The Labute approximate surface area is 212 Å². The van der Waals surface area contributed by atoms with Gasteiger partial charge in [0.05, 0.1) is 18.2 Å². The minimum Gasteiger partial charge on any atom is -0.394 e. The van der Waals surface area contributed by atoms with E-state index in [-0.39, 0.29) is 18.2 Å². The number of hydrogen-bond acceptors (Lipinski definition) is 7. The van der Waals surface area contributed by atoms with Gasteiger partial charge < -0.3 is 10.4 Å². The topological polar surface area (TPSA) is 92.2 Å². The second-order valence-electron chi connectivity index (χ2n) is 9.72. The maximum atomic E-state index is 14.8. The van der Waals surface area contributed by atoms with E-state index in [0.29, 0.717) is 17.6 Å². The van der Waals surface area contributed by atoms with Gasteiger partial charge in [0.1, 0.15) is 5.82 Å². The van der Waals surface area contributed by atoms with Crippen molar-refractivity contribution in [2.45, 2.75) is 71.5 Å². The van der Waals surface area contributed by atoms with Crippen molar-refractivity contribution in [1.82, 2.24) is 26.3 Å². The van der Waals surface area contributed by atoms with Crippen molar-refractivity contribution >= 4 is 11.7 Å². The van der Waals surface area contributed by atoms with Gasteiger partial charge in [-0.05, 0) is 68.9 Å². The van der Waals surface area contributed by atoms with E-state index in [1.165, 1.54) is 18.9 Å². The molecule has 1 aromatic rings. The Morgan fingerprint density at radius 2 is 2.17 bits per heavy atom. The fraction of sp³-hybridized carbons (Fsp3) is 0.481. The van der Waals surface area contributed by atoms with E-state index in [1.54, 1.807) is 24.1 Å². The molecule has 2 heterocycles. The summed E-state index contributed by atoms with van der Waals surface area (Å²) in [6.07, 6.45) is 12.7. The van der Waals surface area contributed by atoms with Crippen LogP contribution in [0.4, 0.5) is 4.39 Å². The van der Waals surface area contributed by atoms with Crippen molar-refractivity contribution < 1.29 is 14.3 Å². The SMILES string of the molecule is CCC/C=C(/C=C\C=C(/C)NC(=O)c1cc2c(cc1F)CCN(C1CC1)C2)C1=NNNN1C(C)CO. The van der Waals surface area contributed by atoms with Crippen molar-refractivity contribution in [3.05, 3.63) is 70.2 Å². The van der Waals surface area contributed by atoms with Crippen molar-refractivity contribution in [2.75, 3.05) is 13.2 Å². The maximum absolute atomic E-state index is 14.8. The Hall–Kier alpha value is -3.01. The molecule has 1 atom stereocenters. The molecule has 1 aromatic carbocycles. The number of unbranched alkanes of at least 4 members (excludes halogenated alkanes) is 1. The second-order valence-corrected chi connectivity index (χ2v) is 9.72. The molecule has 0 aromatic heterocycles. The molecule has 0 spiro atoms. The Morgan fingerprint density at radius 1 is 1.36 bits per heavy atom. The number of carbonyl (C=O) groups excluding carboxylic acids is 1. The van der Waals surface area contributed by atoms with Crippen LogP contribution < -0.4 is 16.4 Å². The van der Waals surface area contributed by atoms with Crippen LogP contribution in [0.15, 0.2) is 52.8 Å². The van der Waals surface area contributed by atoms with Crippen LogP contribution in [-0.4, -0.2) is 52.0 Å². The van der Waals surface area contributed by atoms with Crippen molar-refractivity contribution in [1.29, 1.82) is 0 Å². The van der Waals surface area contributed by atoms with Crippen molar-refractivity contribution in [3.8, 4) is 0 Å². The van der Waals surface area contributed by atoms with Crippen LogP contribution in [0.1, 0.15) is 67.9 Å². The number of hydrazine groups is 2. The first-order chi connectivity index (χ1) is 17.4. The summed E-state index contributed by atoms with van der Waals surface area (Å²) in [4.78, 5) is 15.3. The fourth-order valence-electron chi connectivity index (χ4n) is 4.49. The van der Waals surface area contributed by atoms with Crippen LogP contribution in [-0.2, 0) is 13.0 Å². The number of halogens is 1. The summed E-state index contributed by atoms with van der Waals surface area (Å²) in [5, 5.41) is 18.4. The highest BCUT2D eigenvalue weighted by atomic mass is 19.1. The number of rotatable bonds is 10. The lowest BCUT2D eigenvalue weighted by Crippen LogP contribution is -2.48. The van der Waals surface area contributed by atoms with E-state index in [2.05, 4.69) is 39.4 Å². The van der Waals surface area contributed by atoms with E-state index in [4.69, 9.17) is 0 Å². The summed E-state index contributed by atoms with van der Waals surface area (Å²) in [7, 11) is 0. The zero-order valence-electron chi connectivity index (χ0n) is 21.4. The van der Waals surface area contributed by atoms with Gasteiger partial charge in [0.25, 0.3) is 5.91 Å². The number of nitrogens with zero attached hydrogens (tertiary/aromatic N) is 3. The van der Waals surface area contributed by atoms with E-state index in [1.807, 2.05) is 19.1 Å². The molecule has 1 amide bonds. The zero-order chi connectivity index (χ0) is 25.7. The first-order valence-corrected chi connectivity index (χ1v) is 12.8. The number of fused-ring (bicyclic) bond motifs is 1. The zero-order valence-corrected chi connectivity index (χ0v) is 21.4. The number of amides is 1. The molecule has 8 nitrogen and oxygen atoms in total. The first-order valence-electron chi connectivity index (χ1n) is 12.8. The molecule has 4 rings (SSSR count). The van der Waals surface area contributed by atoms with Gasteiger partial charge in [-0.3, -0.25) is 14.7 Å². The Morgan fingerprint density at radius 3 is 2.89 bits per heavy atom. The normalized spacial score (nSPS) is 19.8. The van der Waals surface area contributed by atoms with Crippen LogP contribution in [0.5, 0.6) is 0 Å². The second kappa shape index (κ2) is 11.8. The third kappa shape index (κ3) is 6.21. The number of carbonyl (C=O) groups is 1. The molecular weight excluding hydrogens is 459 g/mol. The molecule has 1 fully saturated rings. The predicted molar refractivity (Wildman–Crippen MR) is 139 cm³/mol. The molecule has 1 saturated carbocycles. The van der Waals surface area contributed by atoms with Gasteiger partial charge in [0.15, 0.2) is 5.84 Å². The maximum Gasteiger partial charge on any atom is 0.258 e. The van der Waals surface area contributed by atoms with Crippen molar-refractivity contribution in [2.24, 2.45) is 5.10 Å². The molecule has 2 aliphatic heterocycles. The average Bonchev–Trinajstić information content (AvgIpc) is 3.61.